The SMILES string of the molecule is CC[C@H](C)[C@@H]1NC(=O)[C@H](CC(C)C)N(C)C(=O)C[C@@H](C)N(C)C(=O)[C@H](C2CCCC2)N(C)C(=O)C2(CCCC2)NC(=O)[C@@H]2CC(F)(F)CN2C(=O)[C@H](CCc2cc(F)c(C(F)(F)F)c(F)c2)NC(=O)CN(C)C(=O)[C@H](CC2CCCCC2)N(C)C(=O)CN(C)C(=O)CN(C)C1=O. The Morgan fingerprint density at radius 1 is 0.625 bits per heavy atom. The summed E-state index contributed by atoms with van der Waals surface area (Å²) in [5, 5.41) is 7.99. The van der Waals surface area contributed by atoms with Gasteiger partial charge in [0.05, 0.1) is 26.2 Å². The molecule has 22 nitrogen and oxygen atoms in total. The smallest absolute Gasteiger partial charge is 0.343 e. The molecule has 1 aromatic rings. The maximum atomic E-state index is 16.0. The van der Waals surface area contributed by atoms with Crippen LogP contribution in [0.2, 0.25) is 0 Å². The summed E-state index contributed by atoms with van der Waals surface area (Å²) in [4.78, 5) is 170. The number of carbonyl (C=O) groups is 11. The fourth-order valence-electron chi connectivity index (χ4n) is 14.3. The van der Waals surface area contributed by atoms with E-state index < -0.39 is 205 Å². The molecule has 3 N–H and O–H groups in total. The lowest BCUT2D eigenvalue weighted by molar-refractivity contribution is -0.153. The first-order valence-electron chi connectivity index (χ1n) is 33.8. The lowest BCUT2D eigenvalue weighted by atomic mass is 9.84. The number of nitrogens with zero attached hydrogens (tertiary/aromatic N) is 8. The van der Waals surface area contributed by atoms with Crippen LogP contribution in [-0.2, 0) is 65.3 Å². The third kappa shape index (κ3) is 19.2. The molecule has 538 valence electrons. The molecule has 6 rings (SSSR count). The molecule has 96 heavy (non-hydrogen) atoms. The van der Waals surface area contributed by atoms with Gasteiger partial charge in [-0.25, -0.2) is 17.6 Å². The minimum atomic E-state index is -5.45. The maximum Gasteiger partial charge on any atom is 0.422 e. The number of likely N-dealkylation sites (N-methyl/N-ethyl adjacent to an activating group) is 7. The molecule has 1 aromatic carbocycles. The number of alkyl halides is 5. The number of nitrogens with one attached hydrogen (secondary N) is 3. The monoisotopic (exact) mass is 1370 g/mol. The van der Waals surface area contributed by atoms with Crippen LogP contribution in [0.1, 0.15) is 168 Å². The van der Waals surface area contributed by atoms with E-state index in [0.29, 0.717) is 74.8 Å². The van der Waals surface area contributed by atoms with Crippen LogP contribution in [0, 0.1) is 35.3 Å². The standard InChI is InChI=1S/C67H100F7N11O11/c1-13-40(4)56-62(94)80(8)36-53(88)78(6)37-54(89)83(11)49(33-42-21-15-14-16-22-42)61(93)79(7)35-51(86)75-47(26-25-43-31-45(68)55(46(69)32-43)67(72,73)74)60(92)85-38-66(70,71)34-50(85)59(91)77-65(27-19-20-28-65)64(96)84(12)57(44-23-17-18-24-44)63(95)81(9)41(5)30-52(87)82(10)48(29-39(2)3)58(90)76-56/h31-32,39-42,44,47-50,56-57H,13-30,33-38H2,1-12H3,(H,75,86)(H,76,90)(H,77,91)/t40-,41+,47-,48-,49-,50-,56-,57-/m0/s1. The Morgan fingerprint density at radius 2 is 1.19 bits per heavy atom. The first kappa shape index (κ1) is 77.9. The molecule has 0 bridgehead atoms. The molecule has 0 radical (unpaired) electrons. The topological polar surface area (TPSA) is 250 Å². The zero-order chi connectivity index (χ0) is 71.6. The van der Waals surface area contributed by atoms with Crippen LogP contribution in [0.15, 0.2) is 12.1 Å². The predicted molar refractivity (Wildman–Crippen MR) is 339 cm³/mol. The van der Waals surface area contributed by atoms with Gasteiger partial charge in [0.25, 0.3) is 5.92 Å². The van der Waals surface area contributed by atoms with Gasteiger partial charge in [-0.2, -0.15) is 13.2 Å². The number of halogens is 7. The summed E-state index contributed by atoms with van der Waals surface area (Å²) < 4.78 is 103. The van der Waals surface area contributed by atoms with Crippen molar-refractivity contribution in [3.8, 4) is 0 Å². The molecule has 8 atom stereocenters. The van der Waals surface area contributed by atoms with E-state index in [1.54, 1.807) is 13.8 Å². The Bertz CT molecular complexity index is 2990. The van der Waals surface area contributed by atoms with Crippen LogP contribution < -0.4 is 16.0 Å². The maximum absolute atomic E-state index is 16.0. The molecule has 3 aliphatic carbocycles. The van der Waals surface area contributed by atoms with Crippen molar-refractivity contribution in [2.45, 2.75) is 223 Å². The fraction of sp³-hybridized carbons (Fsp3) is 0.746. The number of amides is 11. The first-order valence-corrected chi connectivity index (χ1v) is 33.8. The molecular formula is C67H100F7N11O11. The molecule has 3 saturated carbocycles. The highest BCUT2D eigenvalue weighted by molar-refractivity contribution is 5.99. The third-order valence-corrected chi connectivity index (χ3v) is 20.5. The van der Waals surface area contributed by atoms with Crippen molar-refractivity contribution in [1.29, 1.82) is 0 Å². The van der Waals surface area contributed by atoms with Crippen LogP contribution in [0.25, 0.3) is 0 Å². The average molecular weight is 1370 g/mol. The van der Waals surface area contributed by atoms with Gasteiger partial charge >= 0.3 is 6.18 Å². The van der Waals surface area contributed by atoms with Crippen LogP contribution in [0.5, 0.6) is 0 Å². The summed E-state index contributed by atoms with van der Waals surface area (Å²) >= 11 is 0. The highest BCUT2D eigenvalue weighted by atomic mass is 19.4. The van der Waals surface area contributed by atoms with Gasteiger partial charge in [0.1, 0.15) is 59.0 Å². The molecule has 2 aliphatic heterocycles. The molecule has 1 spiro atoms. The third-order valence-electron chi connectivity index (χ3n) is 20.5. The van der Waals surface area contributed by atoms with E-state index in [1.807, 2.05) is 20.8 Å². The molecule has 2 saturated heterocycles. The number of rotatable bonds is 10. The minimum absolute atomic E-state index is 0.0148. The second kappa shape index (κ2) is 33.0. The van der Waals surface area contributed by atoms with Crippen molar-refractivity contribution in [3.05, 3.63) is 34.9 Å². The number of benzene rings is 1. The van der Waals surface area contributed by atoms with Gasteiger partial charge in [0.15, 0.2) is 0 Å². The molecule has 0 aromatic heterocycles. The van der Waals surface area contributed by atoms with E-state index in [4.69, 9.17) is 0 Å². The summed E-state index contributed by atoms with van der Waals surface area (Å²) in [7, 11) is 9.58. The van der Waals surface area contributed by atoms with Crippen LogP contribution >= 0.6 is 0 Å². The zero-order valence-electron chi connectivity index (χ0n) is 57.7. The van der Waals surface area contributed by atoms with Gasteiger partial charge < -0.3 is 55.1 Å². The van der Waals surface area contributed by atoms with E-state index in [2.05, 4.69) is 16.0 Å². The van der Waals surface area contributed by atoms with Crippen molar-refractivity contribution in [3.63, 3.8) is 0 Å². The van der Waals surface area contributed by atoms with Gasteiger partial charge in [0, 0.05) is 68.2 Å². The Balaban J connectivity index is 1.41. The van der Waals surface area contributed by atoms with Gasteiger partial charge in [0.2, 0.25) is 65.0 Å². The molecule has 29 heteroatoms. The van der Waals surface area contributed by atoms with E-state index in [1.165, 1.54) is 64.0 Å². The number of aryl methyl sites for hydroxylation is 1. The van der Waals surface area contributed by atoms with Crippen LogP contribution in [0.3, 0.4) is 0 Å². The predicted octanol–water partition coefficient (Wildman–Crippen LogP) is 5.91. The molecule has 5 fully saturated rings. The fourth-order valence-corrected chi connectivity index (χ4v) is 14.3. The van der Waals surface area contributed by atoms with Crippen molar-refractivity contribution in [2.24, 2.45) is 23.7 Å². The van der Waals surface area contributed by atoms with Crippen molar-refractivity contribution in [2.75, 3.05) is 75.5 Å². The molecule has 5 aliphatic rings. The average Bonchev–Trinajstić information content (AvgIpc) is 1.50. The summed E-state index contributed by atoms with van der Waals surface area (Å²) in [6.45, 7) is 5.47. The Kier molecular flexibility index (Phi) is 26.8. The van der Waals surface area contributed by atoms with E-state index in [0.717, 1.165) is 38.9 Å². The number of carbonyl (C=O) groups excluding carboxylic acids is 11. The highest BCUT2D eigenvalue weighted by Crippen LogP contribution is 2.40. The lowest BCUT2D eigenvalue weighted by Crippen LogP contribution is -2.64. The normalized spacial score (nSPS) is 27.1. The number of hydrogen-bond donors (Lipinski definition) is 3. The van der Waals surface area contributed by atoms with Gasteiger partial charge in [-0.15, -0.1) is 0 Å². The Hall–Kier alpha value is -7.10. The number of hydrogen-bond acceptors (Lipinski definition) is 11. The largest absolute Gasteiger partial charge is 0.422 e. The molecule has 11 amide bonds. The first-order chi connectivity index (χ1) is 44.8. The van der Waals surface area contributed by atoms with E-state index in [-0.39, 0.29) is 43.9 Å². The Labute approximate surface area is 558 Å². The summed E-state index contributed by atoms with van der Waals surface area (Å²) in [5.74, 6) is -17.8. The van der Waals surface area contributed by atoms with E-state index in [9.17, 15) is 56.3 Å². The van der Waals surface area contributed by atoms with E-state index >= 15 is 27.2 Å². The van der Waals surface area contributed by atoms with Crippen LogP contribution in [0.4, 0.5) is 30.7 Å². The van der Waals surface area contributed by atoms with Crippen LogP contribution in [-0.4, -0.2) is 233 Å². The second-order valence-electron chi connectivity index (χ2n) is 28.2. The van der Waals surface area contributed by atoms with Gasteiger partial charge in [-0.05, 0) is 99.7 Å². The summed E-state index contributed by atoms with van der Waals surface area (Å²) in [6, 6.07) is -8.83. The van der Waals surface area contributed by atoms with Crippen molar-refractivity contribution >= 4 is 65.0 Å². The summed E-state index contributed by atoms with van der Waals surface area (Å²) in [5.41, 5.74) is -4.44. The van der Waals surface area contributed by atoms with Gasteiger partial charge in [-0.3, -0.25) is 52.7 Å². The lowest BCUT2D eigenvalue weighted by Gasteiger charge is -2.41. The number of fused-ring (bicyclic) bond motifs is 1. The minimum Gasteiger partial charge on any atom is -0.343 e. The highest BCUT2D eigenvalue weighted by Gasteiger charge is 2.55. The quantitative estimate of drug-likeness (QED) is 0.232. The zero-order valence-corrected chi connectivity index (χ0v) is 57.7. The molecule has 2 heterocycles. The molecule has 0 unspecified atom stereocenters. The van der Waals surface area contributed by atoms with Gasteiger partial charge in [-0.1, -0.05) is 91.9 Å². The second-order valence-corrected chi connectivity index (χ2v) is 28.2. The van der Waals surface area contributed by atoms with Crippen molar-refractivity contribution in [1.82, 2.24) is 55.1 Å². The Morgan fingerprint density at radius 3 is 1.76 bits per heavy atom. The van der Waals surface area contributed by atoms with Crippen molar-refractivity contribution < 1.29 is 83.5 Å². The molecular weight excluding hydrogens is 1270 g/mol. The summed E-state index contributed by atoms with van der Waals surface area (Å²) in [6.07, 6.45) is -0.594.